The highest BCUT2D eigenvalue weighted by Crippen LogP contribution is 2.38. The lowest BCUT2D eigenvalue weighted by atomic mass is 10.0. The first-order valence-electron chi connectivity index (χ1n) is 5.60. The Bertz CT molecular complexity index is 480. The highest BCUT2D eigenvalue weighted by atomic mass is 35.5. The average Bonchev–Trinajstić information content (AvgIpc) is 2.28. The predicted molar refractivity (Wildman–Crippen MR) is 65.0 cm³/mol. The summed E-state index contributed by atoms with van der Waals surface area (Å²) < 4.78 is 0. The van der Waals surface area contributed by atoms with Crippen LogP contribution in [0.25, 0.3) is 0 Å². The molecular formula is C11H12ClN3O2. The summed E-state index contributed by atoms with van der Waals surface area (Å²) in [6, 6.07) is 3.55. The molecule has 5 nitrogen and oxygen atoms in total. The van der Waals surface area contributed by atoms with Crippen molar-refractivity contribution >= 4 is 29.2 Å². The van der Waals surface area contributed by atoms with E-state index in [9.17, 15) is 9.90 Å². The maximum absolute atomic E-state index is 11.4. The standard InChI is InChI=1S/C11H12ClN3O2/c12-9-4-3-8-10(13-9)15(11(16)17)7-2-1-5-14(8)6-7/h3-4,7H,1-2,5-6H2,(H,16,17). The van der Waals surface area contributed by atoms with Crippen LogP contribution in [0.4, 0.5) is 16.3 Å². The van der Waals surface area contributed by atoms with Gasteiger partial charge < -0.3 is 10.0 Å². The first-order valence-corrected chi connectivity index (χ1v) is 5.98. The first-order chi connectivity index (χ1) is 8.16. The van der Waals surface area contributed by atoms with Gasteiger partial charge in [-0.25, -0.2) is 9.78 Å². The minimum Gasteiger partial charge on any atom is -0.465 e. The van der Waals surface area contributed by atoms with Crippen LogP contribution in [0.3, 0.4) is 0 Å². The van der Waals surface area contributed by atoms with E-state index in [-0.39, 0.29) is 6.04 Å². The van der Waals surface area contributed by atoms with E-state index in [0.717, 1.165) is 31.6 Å². The van der Waals surface area contributed by atoms with Crippen LogP contribution in [0.15, 0.2) is 12.1 Å². The molecule has 3 rings (SSSR count). The molecule has 0 aliphatic carbocycles. The molecule has 90 valence electrons. The van der Waals surface area contributed by atoms with Crippen LogP contribution in [0, 0.1) is 0 Å². The maximum atomic E-state index is 11.4. The Kier molecular flexibility index (Phi) is 2.36. The summed E-state index contributed by atoms with van der Waals surface area (Å²) in [4.78, 5) is 19.1. The van der Waals surface area contributed by atoms with Crippen LogP contribution in [-0.4, -0.2) is 35.3 Å². The van der Waals surface area contributed by atoms with E-state index in [2.05, 4.69) is 9.88 Å². The second-order valence-electron chi connectivity index (χ2n) is 4.37. The molecule has 1 saturated heterocycles. The minimum absolute atomic E-state index is 0.000262. The van der Waals surface area contributed by atoms with E-state index in [1.54, 1.807) is 6.07 Å². The number of halogens is 1. The second-order valence-corrected chi connectivity index (χ2v) is 4.76. The van der Waals surface area contributed by atoms with E-state index in [0.29, 0.717) is 11.0 Å². The van der Waals surface area contributed by atoms with Crippen LogP contribution in [0.2, 0.25) is 5.15 Å². The summed E-state index contributed by atoms with van der Waals surface area (Å²) in [7, 11) is 0. The molecule has 0 saturated carbocycles. The van der Waals surface area contributed by atoms with Gasteiger partial charge in [-0.2, -0.15) is 0 Å². The molecule has 0 radical (unpaired) electrons. The molecule has 1 N–H and O–H groups in total. The molecule has 17 heavy (non-hydrogen) atoms. The number of fused-ring (bicyclic) bond motifs is 4. The van der Waals surface area contributed by atoms with Gasteiger partial charge >= 0.3 is 6.09 Å². The third-order valence-corrected chi connectivity index (χ3v) is 3.57. The molecule has 1 unspecified atom stereocenters. The average molecular weight is 254 g/mol. The van der Waals surface area contributed by atoms with Crippen LogP contribution in [-0.2, 0) is 0 Å². The minimum atomic E-state index is -0.951. The van der Waals surface area contributed by atoms with Gasteiger partial charge in [0.15, 0.2) is 5.82 Å². The quantitative estimate of drug-likeness (QED) is 0.720. The Morgan fingerprint density at radius 1 is 1.53 bits per heavy atom. The zero-order chi connectivity index (χ0) is 12.0. The van der Waals surface area contributed by atoms with Crippen molar-refractivity contribution in [2.24, 2.45) is 0 Å². The number of anilines is 2. The van der Waals surface area contributed by atoms with E-state index < -0.39 is 6.09 Å². The number of carbonyl (C=O) groups is 1. The van der Waals surface area contributed by atoms with E-state index >= 15 is 0 Å². The molecule has 1 aromatic heterocycles. The molecule has 1 amide bonds. The van der Waals surface area contributed by atoms with Gasteiger partial charge in [0.05, 0.1) is 11.7 Å². The third-order valence-electron chi connectivity index (χ3n) is 3.36. The number of pyridine rings is 1. The van der Waals surface area contributed by atoms with E-state index in [4.69, 9.17) is 11.6 Å². The number of piperidine rings is 1. The number of nitrogens with zero attached hydrogens (tertiary/aromatic N) is 3. The van der Waals surface area contributed by atoms with Gasteiger partial charge in [-0.05, 0) is 25.0 Å². The number of hydrogen-bond acceptors (Lipinski definition) is 3. The summed E-state index contributed by atoms with van der Waals surface area (Å²) in [5, 5.41) is 9.64. The molecule has 2 aliphatic heterocycles. The smallest absolute Gasteiger partial charge is 0.413 e. The van der Waals surface area contributed by atoms with Gasteiger partial charge in [0.1, 0.15) is 5.15 Å². The molecule has 1 fully saturated rings. The zero-order valence-electron chi connectivity index (χ0n) is 9.14. The molecule has 0 spiro atoms. The fourth-order valence-electron chi connectivity index (χ4n) is 2.65. The highest BCUT2D eigenvalue weighted by molar-refractivity contribution is 6.29. The summed E-state index contributed by atoms with van der Waals surface area (Å²) in [5.41, 5.74) is 0.868. The van der Waals surface area contributed by atoms with Gasteiger partial charge in [-0.3, -0.25) is 4.90 Å². The predicted octanol–water partition coefficient (Wildman–Crippen LogP) is 2.20. The monoisotopic (exact) mass is 253 g/mol. The Balaban J connectivity index is 2.15. The Morgan fingerprint density at radius 3 is 3.12 bits per heavy atom. The fourth-order valence-corrected chi connectivity index (χ4v) is 2.79. The number of carboxylic acid groups (broad SMARTS) is 1. The third kappa shape index (κ3) is 1.61. The molecular weight excluding hydrogens is 242 g/mol. The summed E-state index contributed by atoms with van der Waals surface area (Å²) in [5.74, 6) is 0.473. The van der Waals surface area contributed by atoms with Crippen LogP contribution < -0.4 is 9.80 Å². The fraction of sp³-hybridized carbons (Fsp3) is 0.455. The Labute approximate surface area is 104 Å². The topological polar surface area (TPSA) is 56.7 Å². The number of rotatable bonds is 0. The van der Waals surface area contributed by atoms with Crippen molar-refractivity contribution in [3.8, 4) is 0 Å². The highest BCUT2D eigenvalue weighted by Gasteiger charge is 2.38. The van der Waals surface area contributed by atoms with Gasteiger partial charge in [-0.1, -0.05) is 11.6 Å². The Morgan fingerprint density at radius 2 is 2.35 bits per heavy atom. The number of aromatic nitrogens is 1. The molecule has 0 aromatic carbocycles. The lowest BCUT2D eigenvalue weighted by molar-refractivity contribution is 0.197. The van der Waals surface area contributed by atoms with Gasteiger partial charge in [0.25, 0.3) is 0 Å². The normalized spacial score (nSPS) is 22.3. The molecule has 1 atom stereocenters. The SMILES string of the molecule is O=C(O)N1c2nc(Cl)ccc2N2CCCC1C2. The van der Waals surface area contributed by atoms with Gasteiger partial charge in [0, 0.05) is 13.1 Å². The number of hydrogen-bond donors (Lipinski definition) is 1. The molecule has 2 aliphatic rings. The van der Waals surface area contributed by atoms with E-state index in [1.165, 1.54) is 4.90 Å². The first kappa shape index (κ1) is 10.7. The molecule has 3 heterocycles. The van der Waals surface area contributed by atoms with Gasteiger partial charge in [0.2, 0.25) is 0 Å². The summed E-state index contributed by atoms with van der Waals surface area (Å²) in [6.45, 7) is 1.71. The largest absolute Gasteiger partial charge is 0.465 e. The van der Waals surface area contributed by atoms with Crippen molar-refractivity contribution in [1.82, 2.24) is 4.98 Å². The lowest BCUT2D eigenvalue weighted by Gasteiger charge is -2.44. The van der Waals surface area contributed by atoms with Gasteiger partial charge in [-0.15, -0.1) is 0 Å². The Hall–Kier alpha value is -1.49. The lowest BCUT2D eigenvalue weighted by Crippen LogP contribution is -2.54. The van der Waals surface area contributed by atoms with Crippen molar-refractivity contribution in [1.29, 1.82) is 0 Å². The zero-order valence-corrected chi connectivity index (χ0v) is 9.89. The van der Waals surface area contributed by atoms with Crippen molar-refractivity contribution in [2.75, 3.05) is 22.9 Å². The molecule has 1 aromatic rings. The summed E-state index contributed by atoms with van der Waals surface area (Å²) >= 11 is 5.85. The molecule has 6 heteroatoms. The second kappa shape index (κ2) is 3.77. The van der Waals surface area contributed by atoms with Crippen molar-refractivity contribution in [3.63, 3.8) is 0 Å². The van der Waals surface area contributed by atoms with Crippen molar-refractivity contribution < 1.29 is 9.90 Å². The van der Waals surface area contributed by atoms with Crippen LogP contribution >= 0.6 is 11.6 Å². The summed E-state index contributed by atoms with van der Waals surface area (Å²) in [6.07, 6.45) is 0.944. The molecule has 2 bridgehead atoms. The van der Waals surface area contributed by atoms with Crippen LogP contribution in [0.5, 0.6) is 0 Å². The number of amides is 1. The van der Waals surface area contributed by atoms with Crippen molar-refractivity contribution in [2.45, 2.75) is 18.9 Å². The van der Waals surface area contributed by atoms with E-state index in [1.807, 2.05) is 6.07 Å². The van der Waals surface area contributed by atoms with Crippen molar-refractivity contribution in [3.05, 3.63) is 17.3 Å². The maximum Gasteiger partial charge on any atom is 0.413 e. The van der Waals surface area contributed by atoms with Crippen LogP contribution in [0.1, 0.15) is 12.8 Å².